The van der Waals surface area contributed by atoms with Gasteiger partial charge in [0.05, 0.1) is 17.3 Å². The maximum Gasteiger partial charge on any atom is 0.416 e. The number of likely N-dealkylation sites (tertiary alicyclic amines) is 1. The summed E-state index contributed by atoms with van der Waals surface area (Å²) in [5, 5.41) is 9.82. The van der Waals surface area contributed by atoms with Crippen LogP contribution in [0.1, 0.15) is 28.8 Å². The molecule has 0 atom stereocenters. The van der Waals surface area contributed by atoms with Crippen molar-refractivity contribution in [1.29, 1.82) is 0 Å². The van der Waals surface area contributed by atoms with Crippen molar-refractivity contribution >= 4 is 5.91 Å². The number of aromatic nitrogens is 2. The number of piperidine rings is 1. The molecule has 0 unspecified atom stereocenters. The fourth-order valence-electron chi connectivity index (χ4n) is 2.75. The summed E-state index contributed by atoms with van der Waals surface area (Å²) in [6.07, 6.45) is 0.934. The van der Waals surface area contributed by atoms with Gasteiger partial charge in [-0.15, -0.1) is 0 Å². The summed E-state index contributed by atoms with van der Waals surface area (Å²) < 4.78 is 43.6. The van der Waals surface area contributed by atoms with Crippen LogP contribution in [0.4, 0.5) is 13.2 Å². The Bertz CT molecular complexity index is 776. The third-order valence-electron chi connectivity index (χ3n) is 4.11. The van der Waals surface area contributed by atoms with E-state index in [4.69, 9.17) is 4.74 Å². The number of phenolic OH excluding ortho intramolecular Hbond substituents is 1. The van der Waals surface area contributed by atoms with Gasteiger partial charge in [-0.3, -0.25) is 9.78 Å². The summed E-state index contributed by atoms with van der Waals surface area (Å²) in [5.74, 6) is -0.783. The van der Waals surface area contributed by atoms with E-state index in [0.717, 1.165) is 12.1 Å². The molecule has 1 aromatic heterocycles. The van der Waals surface area contributed by atoms with E-state index in [1.54, 1.807) is 0 Å². The minimum atomic E-state index is -4.57. The molecule has 1 aliphatic heterocycles. The van der Waals surface area contributed by atoms with Gasteiger partial charge in [-0.2, -0.15) is 13.2 Å². The first-order valence-electron chi connectivity index (χ1n) is 7.97. The standard InChI is InChI=1S/C17H16F3N3O3/c18-17(19,20)11-1-2-13(14(24)9-11)16(25)23-7-3-12(4-8-23)26-15-10-21-5-6-22-15/h1-2,5-6,9-10,12,24H,3-4,7-8H2. The summed E-state index contributed by atoms with van der Waals surface area (Å²) in [5.41, 5.74) is -1.14. The summed E-state index contributed by atoms with van der Waals surface area (Å²) in [6.45, 7) is 0.731. The van der Waals surface area contributed by atoms with E-state index in [9.17, 15) is 23.1 Å². The predicted octanol–water partition coefficient (Wildman–Crippen LogP) is 2.88. The molecule has 1 fully saturated rings. The van der Waals surface area contributed by atoms with Gasteiger partial charge in [0.2, 0.25) is 5.88 Å². The highest BCUT2D eigenvalue weighted by Crippen LogP contribution is 2.33. The largest absolute Gasteiger partial charge is 0.507 e. The number of amides is 1. The molecule has 0 aliphatic carbocycles. The third kappa shape index (κ3) is 4.04. The molecular weight excluding hydrogens is 351 g/mol. The summed E-state index contributed by atoms with van der Waals surface area (Å²) in [7, 11) is 0. The van der Waals surface area contributed by atoms with Crippen LogP contribution in [-0.2, 0) is 6.18 Å². The van der Waals surface area contributed by atoms with Crippen LogP contribution >= 0.6 is 0 Å². The number of nitrogens with zero attached hydrogens (tertiary/aromatic N) is 3. The van der Waals surface area contributed by atoms with Gasteiger partial charge in [-0.1, -0.05) is 0 Å². The molecule has 1 aromatic carbocycles. The number of rotatable bonds is 3. The molecule has 0 saturated carbocycles. The lowest BCUT2D eigenvalue weighted by Gasteiger charge is -2.32. The molecule has 6 nitrogen and oxygen atoms in total. The molecule has 0 spiro atoms. The number of phenols is 1. The van der Waals surface area contributed by atoms with Gasteiger partial charge in [0.1, 0.15) is 11.9 Å². The van der Waals surface area contributed by atoms with Gasteiger partial charge in [-0.05, 0) is 18.2 Å². The van der Waals surface area contributed by atoms with Gasteiger partial charge in [0, 0.05) is 38.3 Å². The number of benzene rings is 1. The molecule has 2 heterocycles. The van der Waals surface area contributed by atoms with Crippen molar-refractivity contribution in [1.82, 2.24) is 14.9 Å². The Morgan fingerprint density at radius 1 is 1.23 bits per heavy atom. The van der Waals surface area contributed by atoms with Crippen LogP contribution in [0.2, 0.25) is 0 Å². The monoisotopic (exact) mass is 367 g/mol. The first kappa shape index (κ1) is 18.0. The lowest BCUT2D eigenvalue weighted by molar-refractivity contribution is -0.137. The van der Waals surface area contributed by atoms with E-state index in [1.165, 1.54) is 23.5 Å². The molecule has 1 N–H and O–H groups in total. The van der Waals surface area contributed by atoms with Crippen LogP contribution in [0.3, 0.4) is 0 Å². The number of carbonyl (C=O) groups excluding carboxylic acids is 1. The van der Waals surface area contributed by atoms with E-state index in [-0.39, 0.29) is 11.7 Å². The van der Waals surface area contributed by atoms with E-state index in [2.05, 4.69) is 9.97 Å². The molecule has 1 aliphatic rings. The second kappa shape index (κ2) is 7.19. The molecule has 2 aromatic rings. The summed E-state index contributed by atoms with van der Waals surface area (Å²) >= 11 is 0. The van der Waals surface area contributed by atoms with E-state index in [0.29, 0.717) is 37.9 Å². The first-order chi connectivity index (χ1) is 12.3. The Kier molecular flexibility index (Phi) is 4.97. The topological polar surface area (TPSA) is 75.5 Å². The number of ether oxygens (including phenoxy) is 1. The van der Waals surface area contributed by atoms with Crippen molar-refractivity contribution in [2.45, 2.75) is 25.1 Å². The normalized spacial score (nSPS) is 15.7. The molecular formula is C17H16F3N3O3. The highest BCUT2D eigenvalue weighted by Gasteiger charge is 2.32. The molecule has 1 saturated heterocycles. The van der Waals surface area contributed by atoms with E-state index >= 15 is 0 Å². The number of alkyl halides is 3. The quantitative estimate of drug-likeness (QED) is 0.903. The zero-order chi connectivity index (χ0) is 18.7. The maximum atomic E-state index is 12.6. The predicted molar refractivity (Wildman–Crippen MR) is 84.7 cm³/mol. The second-order valence-electron chi connectivity index (χ2n) is 5.88. The molecule has 9 heteroatoms. The Balaban J connectivity index is 1.62. The van der Waals surface area contributed by atoms with Crippen molar-refractivity contribution in [3.63, 3.8) is 0 Å². The van der Waals surface area contributed by atoms with E-state index in [1.807, 2.05) is 0 Å². The number of hydrogen-bond acceptors (Lipinski definition) is 5. The minimum absolute atomic E-state index is 0.128. The van der Waals surface area contributed by atoms with Crippen molar-refractivity contribution in [3.05, 3.63) is 47.9 Å². The van der Waals surface area contributed by atoms with E-state index < -0.39 is 23.4 Å². The molecule has 0 radical (unpaired) electrons. The number of aromatic hydroxyl groups is 1. The smallest absolute Gasteiger partial charge is 0.416 e. The average Bonchev–Trinajstić information content (AvgIpc) is 2.62. The summed E-state index contributed by atoms with van der Waals surface area (Å²) in [6, 6.07) is 2.36. The van der Waals surface area contributed by atoms with Crippen LogP contribution in [0.15, 0.2) is 36.8 Å². The average molecular weight is 367 g/mol. The van der Waals surface area contributed by atoms with Crippen molar-refractivity contribution in [2.75, 3.05) is 13.1 Å². The van der Waals surface area contributed by atoms with Gasteiger partial charge < -0.3 is 14.7 Å². The highest BCUT2D eigenvalue weighted by molar-refractivity contribution is 5.97. The third-order valence-corrected chi connectivity index (χ3v) is 4.11. The Morgan fingerprint density at radius 2 is 1.96 bits per heavy atom. The van der Waals surface area contributed by atoms with Gasteiger partial charge >= 0.3 is 6.18 Å². The zero-order valence-electron chi connectivity index (χ0n) is 13.6. The van der Waals surface area contributed by atoms with Crippen molar-refractivity contribution in [3.8, 4) is 11.6 Å². The second-order valence-corrected chi connectivity index (χ2v) is 5.88. The van der Waals surface area contributed by atoms with Crippen LogP contribution in [0.25, 0.3) is 0 Å². The fraction of sp³-hybridized carbons (Fsp3) is 0.353. The van der Waals surface area contributed by atoms with Gasteiger partial charge in [-0.25, -0.2) is 4.98 Å². The minimum Gasteiger partial charge on any atom is -0.507 e. The zero-order valence-corrected chi connectivity index (χ0v) is 13.6. The SMILES string of the molecule is O=C(c1ccc(C(F)(F)F)cc1O)N1CCC(Oc2cnccn2)CC1. The Morgan fingerprint density at radius 3 is 2.54 bits per heavy atom. The lowest BCUT2D eigenvalue weighted by atomic mass is 10.0. The van der Waals surface area contributed by atoms with Crippen LogP contribution in [-0.4, -0.2) is 45.1 Å². The molecule has 138 valence electrons. The number of carbonyl (C=O) groups is 1. The van der Waals surface area contributed by atoms with Gasteiger partial charge in [0.25, 0.3) is 5.91 Å². The number of halogens is 3. The Labute approximate surface area is 147 Å². The molecule has 26 heavy (non-hydrogen) atoms. The Hall–Kier alpha value is -2.84. The first-order valence-corrected chi connectivity index (χ1v) is 7.97. The molecule has 0 bridgehead atoms. The fourth-order valence-corrected chi connectivity index (χ4v) is 2.75. The lowest BCUT2D eigenvalue weighted by Crippen LogP contribution is -2.41. The van der Waals surface area contributed by atoms with Gasteiger partial charge in [0.15, 0.2) is 0 Å². The molecule has 1 amide bonds. The van der Waals surface area contributed by atoms with Crippen LogP contribution < -0.4 is 4.74 Å². The molecule has 3 rings (SSSR count). The van der Waals surface area contributed by atoms with Crippen molar-refractivity contribution in [2.24, 2.45) is 0 Å². The van der Waals surface area contributed by atoms with Crippen LogP contribution in [0.5, 0.6) is 11.6 Å². The van der Waals surface area contributed by atoms with Crippen molar-refractivity contribution < 1.29 is 27.8 Å². The van der Waals surface area contributed by atoms with Crippen LogP contribution in [0, 0.1) is 0 Å². The number of hydrogen-bond donors (Lipinski definition) is 1. The summed E-state index contributed by atoms with van der Waals surface area (Å²) in [4.78, 5) is 21.9. The maximum absolute atomic E-state index is 12.6. The highest BCUT2D eigenvalue weighted by atomic mass is 19.4.